The van der Waals surface area contributed by atoms with Gasteiger partial charge >= 0.3 is 0 Å². The average molecular weight is 236 g/mol. The Balaban J connectivity index is 2.22. The van der Waals surface area contributed by atoms with Crippen LogP contribution in [-0.4, -0.2) is 10.9 Å². The van der Waals surface area contributed by atoms with Crippen LogP contribution in [0.4, 0.5) is 0 Å². The molecule has 0 bridgehead atoms. The Labute approximate surface area is 100 Å². The molecule has 2 rings (SSSR count). The van der Waals surface area contributed by atoms with Gasteiger partial charge in [-0.2, -0.15) is 0 Å². The van der Waals surface area contributed by atoms with Crippen molar-refractivity contribution >= 4 is 11.6 Å². The lowest BCUT2D eigenvalue weighted by Gasteiger charge is -2.00. The number of hydrogen-bond donors (Lipinski definition) is 0. The van der Waals surface area contributed by atoms with Crippen molar-refractivity contribution in [3.63, 3.8) is 0 Å². The fraction of sp³-hybridized carbons (Fsp3) is 0.308. The minimum atomic E-state index is 0.641. The highest BCUT2D eigenvalue weighted by Gasteiger charge is 2.07. The molecule has 0 saturated heterocycles. The molecule has 0 aliphatic rings. The molecule has 2 nitrogen and oxygen atoms in total. The van der Waals surface area contributed by atoms with Crippen molar-refractivity contribution in [2.75, 3.05) is 5.88 Å². The topological polar surface area (TPSA) is 26.0 Å². The molecule has 0 aliphatic carbocycles. The van der Waals surface area contributed by atoms with Gasteiger partial charge in [-0.3, -0.25) is 0 Å². The molecule has 3 heteroatoms. The zero-order valence-corrected chi connectivity index (χ0v) is 10.00. The van der Waals surface area contributed by atoms with Gasteiger partial charge in [-0.1, -0.05) is 24.3 Å². The summed E-state index contributed by atoms with van der Waals surface area (Å²) in [6, 6.07) is 8.13. The highest BCUT2D eigenvalue weighted by atomic mass is 35.5. The van der Waals surface area contributed by atoms with Crippen molar-refractivity contribution in [1.82, 2.24) is 4.98 Å². The third kappa shape index (κ3) is 2.45. The maximum atomic E-state index is 5.68. The minimum absolute atomic E-state index is 0.641. The lowest BCUT2D eigenvalue weighted by Crippen LogP contribution is -1.84. The number of aromatic nitrogens is 1. The molecule has 0 unspecified atom stereocenters. The van der Waals surface area contributed by atoms with Crippen LogP contribution in [0.1, 0.15) is 17.9 Å². The van der Waals surface area contributed by atoms with Crippen LogP contribution in [0.3, 0.4) is 0 Å². The largest absolute Gasteiger partial charge is 0.441 e. The molecule has 0 N–H and O–H groups in total. The summed E-state index contributed by atoms with van der Waals surface area (Å²) in [6.45, 7) is 2.07. The van der Waals surface area contributed by atoms with Crippen LogP contribution in [0.25, 0.3) is 11.3 Å². The Morgan fingerprint density at radius 3 is 2.88 bits per heavy atom. The molecular formula is C13H14ClNO. The summed E-state index contributed by atoms with van der Waals surface area (Å²) in [5.41, 5.74) is 2.30. The standard InChI is InChI=1S/C13H14ClNO/c1-10-5-2-3-6-11(10)12-9-15-13(16-12)7-4-8-14/h2-3,5-6,9H,4,7-8H2,1H3. The second kappa shape index (κ2) is 5.17. The van der Waals surface area contributed by atoms with Gasteiger partial charge in [-0.05, 0) is 18.9 Å². The van der Waals surface area contributed by atoms with Crippen LogP contribution in [0.5, 0.6) is 0 Å². The van der Waals surface area contributed by atoms with E-state index in [1.807, 2.05) is 18.2 Å². The normalized spacial score (nSPS) is 10.6. The minimum Gasteiger partial charge on any atom is -0.441 e. The Morgan fingerprint density at radius 1 is 1.31 bits per heavy atom. The van der Waals surface area contributed by atoms with Crippen molar-refractivity contribution in [1.29, 1.82) is 0 Å². The number of rotatable bonds is 4. The molecule has 0 fully saturated rings. The molecule has 1 heterocycles. The maximum Gasteiger partial charge on any atom is 0.194 e. The molecule has 1 aromatic carbocycles. The molecule has 0 saturated carbocycles. The molecule has 0 radical (unpaired) electrons. The summed E-state index contributed by atoms with van der Waals surface area (Å²) in [5, 5.41) is 0. The Morgan fingerprint density at radius 2 is 2.12 bits per heavy atom. The maximum absolute atomic E-state index is 5.68. The summed E-state index contributed by atoms with van der Waals surface area (Å²) in [4.78, 5) is 4.25. The van der Waals surface area contributed by atoms with Gasteiger partial charge in [-0.15, -0.1) is 11.6 Å². The second-order valence-electron chi connectivity index (χ2n) is 3.73. The van der Waals surface area contributed by atoms with E-state index < -0.39 is 0 Å². The monoisotopic (exact) mass is 235 g/mol. The van der Waals surface area contributed by atoms with Crippen molar-refractivity contribution in [2.45, 2.75) is 19.8 Å². The number of halogens is 1. The third-order valence-corrected chi connectivity index (χ3v) is 2.76. The predicted molar refractivity (Wildman–Crippen MR) is 65.7 cm³/mol. The van der Waals surface area contributed by atoms with Crippen molar-refractivity contribution in [3.05, 3.63) is 41.9 Å². The van der Waals surface area contributed by atoms with Crippen LogP contribution in [0.2, 0.25) is 0 Å². The van der Waals surface area contributed by atoms with Crippen LogP contribution in [0, 0.1) is 6.92 Å². The van der Waals surface area contributed by atoms with Crippen molar-refractivity contribution in [3.8, 4) is 11.3 Å². The van der Waals surface area contributed by atoms with Crippen molar-refractivity contribution < 1.29 is 4.42 Å². The van der Waals surface area contributed by atoms with E-state index in [-0.39, 0.29) is 0 Å². The molecule has 16 heavy (non-hydrogen) atoms. The van der Waals surface area contributed by atoms with Crippen LogP contribution >= 0.6 is 11.6 Å². The van der Waals surface area contributed by atoms with E-state index in [9.17, 15) is 0 Å². The predicted octanol–water partition coefficient (Wildman–Crippen LogP) is 3.82. The summed E-state index contributed by atoms with van der Waals surface area (Å²) >= 11 is 5.63. The smallest absolute Gasteiger partial charge is 0.194 e. The Hall–Kier alpha value is -1.28. The number of aryl methyl sites for hydroxylation is 2. The van der Waals surface area contributed by atoms with E-state index in [0.717, 1.165) is 30.1 Å². The SMILES string of the molecule is Cc1ccccc1-c1cnc(CCCCl)o1. The van der Waals surface area contributed by atoms with Gasteiger partial charge in [0.2, 0.25) is 0 Å². The Bertz CT molecular complexity index is 464. The van der Waals surface area contributed by atoms with E-state index in [4.69, 9.17) is 16.0 Å². The summed E-state index contributed by atoms with van der Waals surface area (Å²) in [5.74, 6) is 2.24. The molecule has 0 atom stereocenters. The van der Waals surface area contributed by atoms with Crippen LogP contribution in [-0.2, 0) is 6.42 Å². The zero-order chi connectivity index (χ0) is 11.4. The molecule has 0 spiro atoms. The first-order chi connectivity index (χ1) is 7.81. The lowest BCUT2D eigenvalue weighted by molar-refractivity contribution is 0.503. The molecule has 84 valence electrons. The first-order valence-electron chi connectivity index (χ1n) is 5.38. The van der Waals surface area contributed by atoms with E-state index in [0.29, 0.717) is 5.88 Å². The van der Waals surface area contributed by atoms with Gasteiger partial charge in [0.25, 0.3) is 0 Å². The van der Waals surface area contributed by atoms with Gasteiger partial charge in [0, 0.05) is 17.9 Å². The first kappa shape index (κ1) is 11.2. The van der Waals surface area contributed by atoms with Gasteiger partial charge in [0.1, 0.15) is 0 Å². The number of hydrogen-bond acceptors (Lipinski definition) is 2. The Kier molecular flexibility index (Phi) is 3.62. The van der Waals surface area contributed by atoms with Gasteiger partial charge < -0.3 is 4.42 Å². The summed E-state index contributed by atoms with van der Waals surface area (Å²) < 4.78 is 5.68. The summed E-state index contributed by atoms with van der Waals surface area (Å²) in [6.07, 6.45) is 3.48. The average Bonchev–Trinajstić information content (AvgIpc) is 2.75. The summed E-state index contributed by atoms with van der Waals surface area (Å²) in [7, 11) is 0. The van der Waals surface area contributed by atoms with E-state index in [1.54, 1.807) is 6.20 Å². The van der Waals surface area contributed by atoms with E-state index in [1.165, 1.54) is 5.56 Å². The number of oxazole rings is 1. The quantitative estimate of drug-likeness (QED) is 0.753. The number of alkyl halides is 1. The fourth-order valence-corrected chi connectivity index (χ4v) is 1.75. The second-order valence-corrected chi connectivity index (χ2v) is 4.10. The molecule has 1 aromatic heterocycles. The van der Waals surface area contributed by atoms with Gasteiger partial charge in [-0.25, -0.2) is 4.98 Å². The zero-order valence-electron chi connectivity index (χ0n) is 9.24. The number of nitrogens with zero attached hydrogens (tertiary/aromatic N) is 1. The molecule has 0 amide bonds. The van der Waals surface area contributed by atoms with Crippen LogP contribution in [0.15, 0.2) is 34.9 Å². The fourth-order valence-electron chi connectivity index (χ4n) is 1.62. The number of benzene rings is 1. The highest BCUT2D eigenvalue weighted by molar-refractivity contribution is 6.17. The lowest BCUT2D eigenvalue weighted by atomic mass is 10.1. The molecule has 0 aliphatic heterocycles. The highest BCUT2D eigenvalue weighted by Crippen LogP contribution is 2.24. The molecular weight excluding hydrogens is 222 g/mol. The van der Waals surface area contributed by atoms with Crippen LogP contribution < -0.4 is 0 Å². The van der Waals surface area contributed by atoms with E-state index in [2.05, 4.69) is 18.0 Å². The van der Waals surface area contributed by atoms with Gasteiger partial charge in [0.15, 0.2) is 11.7 Å². The van der Waals surface area contributed by atoms with E-state index >= 15 is 0 Å². The third-order valence-electron chi connectivity index (χ3n) is 2.49. The van der Waals surface area contributed by atoms with Crippen molar-refractivity contribution in [2.24, 2.45) is 0 Å². The molecule has 2 aromatic rings. The van der Waals surface area contributed by atoms with Gasteiger partial charge in [0.05, 0.1) is 6.20 Å². The first-order valence-corrected chi connectivity index (χ1v) is 5.91.